The third-order valence-electron chi connectivity index (χ3n) is 2.32. The van der Waals surface area contributed by atoms with Gasteiger partial charge in [-0.25, -0.2) is 4.79 Å². The van der Waals surface area contributed by atoms with Crippen LogP contribution in [0.2, 0.25) is 0 Å². The van der Waals surface area contributed by atoms with Crippen LogP contribution in [-0.4, -0.2) is 21.0 Å². The zero-order valence-corrected chi connectivity index (χ0v) is 9.55. The van der Waals surface area contributed by atoms with E-state index in [1.807, 2.05) is 25.1 Å². The molecular formula is C12H14N4O. The van der Waals surface area contributed by atoms with Crippen molar-refractivity contribution in [2.75, 3.05) is 0 Å². The van der Waals surface area contributed by atoms with E-state index < -0.39 is 0 Å². The number of nitrogens with one attached hydrogen (secondary N) is 1. The number of aromatic amines is 1. The van der Waals surface area contributed by atoms with Crippen LogP contribution in [0.25, 0.3) is 11.3 Å². The predicted molar refractivity (Wildman–Crippen MR) is 65.4 cm³/mol. The van der Waals surface area contributed by atoms with Crippen LogP contribution < -0.4 is 11.4 Å². The van der Waals surface area contributed by atoms with E-state index in [2.05, 4.69) is 15.0 Å². The molecule has 0 spiro atoms. The SMILES string of the molecule is CC(N)Cc1cc(-c2ccncc2)nc(=O)[nH]1. The molecule has 1 atom stereocenters. The first-order valence-electron chi connectivity index (χ1n) is 5.41. The highest BCUT2D eigenvalue weighted by Gasteiger charge is 2.05. The molecule has 2 aromatic heterocycles. The molecule has 0 aromatic carbocycles. The second-order valence-electron chi connectivity index (χ2n) is 4.01. The lowest BCUT2D eigenvalue weighted by Crippen LogP contribution is -2.22. The van der Waals surface area contributed by atoms with Crippen molar-refractivity contribution in [3.05, 3.63) is 46.8 Å². The summed E-state index contributed by atoms with van der Waals surface area (Å²) in [5.41, 5.74) is 7.67. The summed E-state index contributed by atoms with van der Waals surface area (Å²) in [5.74, 6) is 0. The molecule has 0 saturated carbocycles. The van der Waals surface area contributed by atoms with Crippen molar-refractivity contribution in [2.45, 2.75) is 19.4 Å². The molecule has 2 rings (SSSR count). The van der Waals surface area contributed by atoms with Crippen LogP contribution in [0.5, 0.6) is 0 Å². The third-order valence-corrected chi connectivity index (χ3v) is 2.32. The van der Waals surface area contributed by atoms with E-state index in [9.17, 15) is 4.79 Å². The van der Waals surface area contributed by atoms with Crippen LogP contribution in [0.4, 0.5) is 0 Å². The Hall–Kier alpha value is -2.01. The van der Waals surface area contributed by atoms with Crippen LogP contribution >= 0.6 is 0 Å². The Kier molecular flexibility index (Phi) is 3.30. The van der Waals surface area contributed by atoms with E-state index in [4.69, 9.17) is 5.73 Å². The van der Waals surface area contributed by atoms with E-state index in [-0.39, 0.29) is 11.7 Å². The second-order valence-corrected chi connectivity index (χ2v) is 4.01. The van der Waals surface area contributed by atoms with E-state index in [1.54, 1.807) is 12.4 Å². The number of aromatic nitrogens is 3. The predicted octanol–water partition coefficient (Wildman–Crippen LogP) is 0.722. The van der Waals surface area contributed by atoms with Gasteiger partial charge in [0.05, 0.1) is 5.69 Å². The lowest BCUT2D eigenvalue weighted by molar-refractivity contribution is 0.716. The van der Waals surface area contributed by atoms with Gasteiger partial charge in [-0.1, -0.05) is 0 Å². The van der Waals surface area contributed by atoms with Crippen molar-refractivity contribution in [3.8, 4) is 11.3 Å². The van der Waals surface area contributed by atoms with Crippen molar-refractivity contribution < 1.29 is 0 Å². The Morgan fingerprint density at radius 3 is 2.76 bits per heavy atom. The van der Waals surface area contributed by atoms with Gasteiger partial charge in [0.1, 0.15) is 0 Å². The standard InChI is InChI=1S/C12H14N4O/c1-8(13)6-10-7-11(16-12(17)15-10)9-2-4-14-5-3-9/h2-5,7-8H,6,13H2,1H3,(H,15,16,17). The van der Waals surface area contributed by atoms with Crippen molar-refractivity contribution in [1.29, 1.82) is 0 Å². The van der Waals surface area contributed by atoms with E-state index >= 15 is 0 Å². The zero-order valence-electron chi connectivity index (χ0n) is 9.55. The van der Waals surface area contributed by atoms with Gasteiger partial charge in [-0.05, 0) is 25.1 Å². The molecule has 5 nitrogen and oxygen atoms in total. The van der Waals surface area contributed by atoms with E-state index in [1.165, 1.54) is 0 Å². The molecular weight excluding hydrogens is 216 g/mol. The molecule has 5 heteroatoms. The molecule has 0 radical (unpaired) electrons. The van der Waals surface area contributed by atoms with Crippen molar-refractivity contribution in [2.24, 2.45) is 5.73 Å². The maximum Gasteiger partial charge on any atom is 0.345 e. The quantitative estimate of drug-likeness (QED) is 0.813. The van der Waals surface area contributed by atoms with Crippen LogP contribution in [0.1, 0.15) is 12.6 Å². The third kappa shape index (κ3) is 2.98. The molecule has 0 aliphatic carbocycles. The lowest BCUT2D eigenvalue weighted by atomic mass is 10.1. The monoisotopic (exact) mass is 230 g/mol. The maximum atomic E-state index is 11.4. The highest BCUT2D eigenvalue weighted by molar-refractivity contribution is 5.57. The zero-order chi connectivity index (χ0) is 12.3. The molecule has 2 heterocycles. The minimum absolute atomic E-state index is 0.00154. The molecule has 88 valence electrons. The molecule has 0 saturated heterocycles. The number of hydrogen-bond donors (Lipinski definition) is 2. The van der Waals surface area contributed by atoms with E-state index in [0.29, 0.717) is 12.1 Å². The van der Waals surface area contributed by atoms with Gasteiger partial charge in [0.25, 0.3) is 0 Å². The van der Waals surface area contributed by atoms with Crippen molar-refractivity contribution in [1.82, 2.24) is 15.0 Å². The molecule has 2 aromatic rings. The van der Waals surface area contributed by atoms with Crippen molar-refractivity contribution >= 4 is 0 Å². The van der Waals surface area contributed by atoms with Gasteiger partial charge in [-0.3, -0.25) is 4.98 Å². The van der Waals surface area contributed by atoms with Crippen LogP contribution in [0.3, 0.4) is 0 Å². The lowest BCUT2D eigenvalue weighted by Gasteiger charge is -2.06. The first kappa shape index (κ1) is 11.5. The van der Waals surface area contributed by atoms with Crippen LogP contribution in [0.15, 0.2) is 35.4 Å². The van der Waals surface area contributed by atoms with Crippen LogP contribution in [0, 0.1) is 0 Å². The van der Waals surface area contributed by atoms with Gasteiger partial charge in [-0.15, -0.1) is 0 Å². The fourth-order valence-corrected chi connectivity index (χ4v) is 1.64. The van der Waals surface area contributed by atoms with Gasteiger partial charge >= 0.3 is 5.69 Å². The first-order chi connectivity index (χ1) is 8.15. The molecule has 0 aliphatic rings. The first-order valence-corrected chi connectivity index (χ1v) is 5.41. The molecule has 0 amide bonds. The average molecular weight is 230 g/mol. The van der Waals surface area contributed by atoms with Gasteiger partial charge in [-0.2, -0.15) is 4.98 Å². The molecule has 0 aliphatic heterocycles. The largest absolute Gasteiger partial charge is 0.345 e. The topological polar surface area (TPSA) is 84.7 Å². The van der Waals surface area contributed by atoms with Crippen molar-refractivity contribution in [3.63, 3.8) is 0 Å². The molecule has 17 heavy (non-hydrogen) atoms. The van der Waals surface area contributed by atoms with Crippen LogP contribution in [-0.2, 0) is 6.42 Å². The summed E-state index contributed by atoms with van der Waals surface area (Å²) in [7, 11) is 0. The fraction of sp³-hybridized carbons (Fsp3) is 0.250. The molecule has 3 N–H and O–H groups in total. The summed E-state index contributed by atoms with van der Waals surface area (Å²) in [6.45, 7) is 1.89. The van der Waals surface area contributed by atoms with E-state index in [0.717, 1.165) is 11.3 Å². The number of pyridine rings is 1. The Balaban J connectivity index is 2.42. The minimum Gasteiger partial charge on any atom is -0.328 e. The summed E-state index contributed by atoms with van der Waals surface area (Å²) in [4.78, 5) is 22.0. The number of hydrogen-bond acceptors (Lipinski definition) is 4. The number of H-pyrrole nitrogens is 1. The Morgan fingerprint density at radius 1 is 1.41 bits per heavy atom. The number of rotatable bonds is 3. The van der Waals surface area contributed by atoms with Gasteiger partial charge < -0.3 is 10.7 Å². The minimum atomic E-state index is -0.352. The van der Waals surface area contributed by atoms with Gasteiger partial charge in [0, 0.05) is 36.1 Å². The summed E-state index contributed by atoms with van der Waals surface area (Å²) in [6, 6.07) is 5.48. The highest BCUT2D eigenvalue weighted by Crippen LogP contribution is 2.14. The van der Waals surface area contributed by atoms with Gasteiger partial charge in [0.2, 0.25) is 0 Å². The summed E-state index contributed by atoms with van der Waals surface area (Å²) in [6.07, 6.45) is 3.96. The Morgan fingerprint density at radius 2 is 2.12 bits per heavy atom. The highest BCUT2D eigenvalue weighted by atomic mass is 16.1. The summed E-state index contributed by atoms with van der Waals surface area (Å²) >= 11 is 0. The normalized spacial score (nSPS) is 12.4. The summed E-state index contributed by atoms with van der Waals surface area (Å²) < 4.78 is 0. The smallest absolute Gasteiger partial charge is 0.328 e. The molecule has 0 bridgehead atoms. The number of nitrogens with two attached hydrogens (primary N) is 1. The second kappa shape index (κ2) is 4.88. The maximum absolute atomic E-state index is 11.4. The summed E-state index contributed by atoms with van der Waals surface area (Å²) in [5, 5.41) is 0. The average Bonchev–Trinajstić information content (AvgIpc) is 2.28. The molecule has 1 unspecified atom stereocenters. The Bertz CT molecular complexity index is 548. The Labute approximate surface area is 98.7 Å². The number of nitrogens with zero attached hydrogens (tertiary/aromatic N) is 2. The van der Waals surface area contributed by atoms with Gasteiger partial charge in [0.15, 0.2) is 0 Å². The molecule has 0 fully saturated rings. The fourth-order valence-electron chi connectivity index (χ4n) is 1.64.